The maximum atomic E-state index is 5.18. The van der Waals surface area contributed by atoms with E-state index in [1.54, 1.807) is 12.7 Å². The summed E-state index contributed by atoms with van der Waals surface area (Å²) in [6.07, 6.45) is 7.42. The lowest BCUT2D eigenvalue weighted by molar-refractivity contribution is 0.414. The fourth-order valence-electron chi connectivity index (χ4n) is 2.49. The molecule has 1 aliphatic rings. The molecule has 0 amide bonds. The molecular formula is C15H20O. The van der Waals surface area contributed by atoms with E-state index >= 15 is 0 Å². The molecular weight excluding hydrogens is 196 g/mol. The Morgan fingerprint density at radius 3 is 2.25 bits per heavy atom. The minimum Gasteiger partial charge on any atom is -0.497 e. The van der Waals surface area contributed by atoms with Crippen LogP contribution in [-0.4, -0.2) is 7.11 Å². The lowest BCUT2D eigenvalue weighted by Crippen LogP contribution is -2.06. The molecule has 2 rings (SSSR count). The van der Waals surface area contributed by atoms with Crippen LogP contribution in [0.5, 0.6) is 5.75 Å². The zero-order valence-corrected chi connectivity index (χ0v) is 10.2. The minimum atomic E-state index is 0.745. The Kier molecular flexibility index (Phi) is 3.66. The molecule has 1 nitrogen and oxygen atoms in total. The van der Waals surface area contributed by atoms with Crippen LogP contribution in [0, 0.1) is 0 Å². The third kappa shape index (κ3) is 2.46. The minimum absolute atomic E-state index is 0.745. The van der Waals surface area contributed by atoms with E-state index in [1.165, 1.54) is 31.2 Å². The lowest BCUT2D eigenvalue weighted by atomic mass is 9.81. The van der Waals surface area contributed by atoms with Gasteiger partial charge in [0.1, 0.15) is 5.75 Å². The fraction of sp³-hybridized carbons (Fsp3) is 0.467. The molecule has 0 aromatic heterocycles. The summed E-state index contributed by atoms with van der Waals surface area (Å²) in [5.41, 5.74) is 3.10. The molecule has 0 saturated heterocycles. The van der Waals surface area contributed by atoms with Crippen LogP contribution in [-0.2, 0) is 0 Å². The van der Waals surface area contributed by atoms with Crippen LogP contribution in [0.15, 0.2) is 35.9 Å². The van der Waals surface area contributed by atoms with Gasteiger partial charge in [-0.25, -0.2) is 0 Å². The highest BCUT2D eigenvalue weighted by Crippen LogP contribution is 2.35. The third-order valence-electron chi connectivity index (χ3n) is 3.62. The molecule has 0 bridgehead atoms. The van der Waals surface area contributed by atoms with Crippen LogP contribution in [0.4, 0.5) is 0 Å². The maximum absolute atomic E-state index is 5.18. The zero-order valence-electron chi connectivity index (χ0n) is 10.2. The monoisotopic (exact) mass is 216 g/mol. The van der Waals surface area contributed by atoms with Crippen molar-refractivity contribution in [3.05, 3.63) is 41.5 Å². The summed E-state index contributed by atoms with van der Waals surface area (Å²) in [4.78, 5) is 0. The molecule has 0 radical (unpaired) electrons. The van der Waals surface area contributed by atoms with Crippen molar-refractivity contribution in [3.8, 4) is 5.75 Å². The first-order valence-corrected chi connectivity index (χ1v) is 6.11. The Balaban J connectivity index is 2.02. The van der Waals surface area contributed by atoms with Crippen LogP contribution in [0.2, 0.25) is 0 Å². The van der Waals surface area contributed by atoms with Crippen molar-refractivity contribution in [2.75, 3.05) is 7.11 Å². The predicted octanol–water partition coefficient (Wildman–Crippen LogP) is 4.30. The number of ether oxygens (including phenoxy) is 1. The highest BCUT2D eigenvalue weighted by Gasteiger charge is 2.17. The molecule has 1 aliphatic carbocycles. The van der Waals surface area contributed by atoms with Gasteiger partial charge in [0.2, 0.25) is 0 Å². The molecule has 0 unspecified atom stereocenters. The third-order valence-corrected chi connectivity index (χ3v) is 3.62. The van der Waals surface area contributed by atoms with Gasteiger partial charge in [-0.3, -0.25) is 0 Å². The van der Waals surface area contributed by atoms with Gasteiger partial charge in [-0.15, -0.1) is 0 Å². The second-order valence-electron chi connectivity index (χ2n) is 4.49. The van der Waals surface area contributed by atoms with Gasteiger partial charge >= 0.3 is 0 Å². The van der Waals surface area contributed by atoms with Crippen molar-refractivity contribution in [2.24, 2.45) is 0 Å². The van der Waals surface area contributed by atoms with E-state index in [2.05, 4.69) is 37.3 Å². The normalized spacial score (nSPS) is 20.6. The number of allylic oxidation sites excluding steroid dienone is 2. The van der Waals surface area contributed by atoms with Crippen LogP contribution in [0.25, 0.3) is 0 Å². The largest absolute Gasteiger partial charge is 0.497 e. The molecule has 1 heteroatoms. The standard InChI is InChI=1S/C15H20O/c1-3-12-4-6-13(7-5-12)14-8-10-15(16-2)11-9-14/h3,8-11,13H,4-7H2,1-2H3. The summed E-state index contributed by atoms with van der Waals surface area (Å²) in [6, 6.07) is 8.56. The van der Waals surface area contributed by atoms with Gasteiger partial charge in [0.15, 0.2) is 0 Å². The zero-order chi connectivity index (χ0) is 11.4. The van der Waals surface area contributed by atoms with Crippen LogP contribution < -0.4 is 4.74 Å². The Labute approximate surface area is 98.1 Å². The quantitative estimate of drug-likeness (QED) is 0.670. The molecule has 1 aromatic rings. The van der Waals surface area contributed by atoms with Crippen molar-refractivity contribution in [1.29, 1.82) is 0 Å². The number of benzene rings is 1. The van der Waals surface area contributed by atoms with E-state index in [4.69, 9.17) is 4.74 Å². The molecule has 0 spiro atoms. The topological polar surface area (TPSA) is 9.23 Å². The van der Waals surface area contributed by atoms with E-state index in [0.29, 0.717) is 0 Å². The Morgan fingerprint density at radius 2 is 1.75 bits per heavy atom. The highest BCUT2D eigenvalue weighted by atomic mass is 16.5. The predicted molar refractivity (Wildman–Crippen MR) is 68.0 cm³/mol. The van der Waals surface area contributed by atoms with Crippen molar-refractivity contribution in [1.82, 2.24) is 0 Å². The average molecular weight is 216 g/mol. The van der Waals surface area contributed by atoms with Gasteiger partial charge in [0.05, 0.1) is 7.11 Å². The average Bonchev–Trinajstić information content (AvgIpc) is 2.39. The van der Waals surface area contributed by atoms with Gasteiger partial charge in [-0.1, -0.05) is 23.8 Å². The van der Waals surface area contributed by atoms with Crippen molar-refractivity contribution in [2.45, 2.75) is 38.5 Å². The van der Waals surface area contributed by atoms with Crippen LogP contribution in [0.1, 0.15) is 44.1 Å². The van der Waals surface area contributed by atoms with Crippen molar-refractivity contribution < 1.29 is 4.74 Å². The molecule has 0 N–H and O–H groups in total. The SMILES string of the molecule is CC=C1CCC(c2ccc(OC)cc2)CC1. The number of hydrogen-bond acceptors (Lipinski definition) is 1. The van der Waals surface area contributed by atoms with Gasteiger partial charge in [-0.05, 0) is 56.2 Å². The van der Waals surface area contributed by atoms with Crippen LogP contribution in [0.3, 0.4) is 0 Å². The first kappa shape index (κ1) is 11.3. The van der Waals surface area contributed by atoms with Gasteiger partial charge in [-0.2, -0.15) is 0 Å². The van der Waals surface area contributed by atoms with E-state index < -0.39 is 0 Å². The number of hydrogen-bond donors (Lipinski definition) is 0. The lowest BCUT2D eigenvalue weighted by Gasteiger charge is -2.24. The first-order chi connectivity index (χ1) is 7.83. The van der Waals surface area contributed by atoms with E-state index in [0.717, 1.165) is 11.7 Å². The van der Waals surface area contributed by atoms with Crippen molar-refractivity contribution in [3.63, 3.8) is 0 Å². The fourth-order valence-corrected chi connectivity index (χ4v) is 2.49. The van der Waals surface area contributed by atoms with Crippen molar-refractivity contribution >= 4 is 0 Å². The Bertz CT molecular complexity index is 352. The smallest absolute Gasteiger partial charge is 0.118 e. The van der Waals surface area contributed by atoms with Gasteiger partial charge < -0.3 is 4.74 Å². The van der Waals surface area contributed by atoms with E-state index in [1.807, 2.05) is 0 Å². The summed E-state index contributed by atoms with van der Waals surface area (Å²) < 4.78 is 5.18. The summed E-state index contributed by atoms with van der Waals surface area (Å²) in [5, 5.41) is 0. The van der Waals surface area contributed by atoms with E-state index in [-0.39, 0.29) is 0 Å². The van der Waals surface area contributed by atoms with Gasteiger partial charge in [0.25, 0.3) is 0 Å². The maximum Gasteiger partial charge on any atom is 0.118 e. The molecule has 0 atom stereocenters. The molecule has 1 fully saturated rings. The second kappa shape index (κ2) is 5.20. The summed E-state index contributed by atoms with van der Waals surface area (Å²) in [7, 11) is 1.72. The summed E-state index contributed by atoms with van der Waals surface area (Å²) >= 11 is 0. The summed E-state index contributed by atoms with van der Waals surface area (Å²) in [5.74, 6) is 1.70. The van der Waals surface area contributed by atoms with Crippen LogP contribution >= 0.6 is 0 Å². The molecule has 16 heavy (non-hydrogen) atoms. The number of methoxy groups -OCH3 is 1. The van der Waals surface area contributed by atoms with Gasteiger partial charge in [0, 0.05) is 0 Å². The molecule has 1 saturated carbocycles. The van der Waals surface area contributed by atoms with E-state index in [9.17, 15) is 0 Å². The molecule has 86 valence electrons. The number of rotatable bonds is 2. The Hall–Kier alpha value is -1.24. The Morgan fingerprint density at radius 1 is 1.12 bits per heavy atom. The molecule has 1 aromatic carbocycles. The second-order valence-corrected chi connectivity index (χ2v) is 4.49. The highest BCUT2D eigenvalue weighted by molar-refractivity contribution is 5.30. The summed E-state index contributed by atoms with van der Waals surface area (Å²) in [6.45, 7) is 2.16. The first-order valence-electron chi connectivity index (χ1n) is 6.11. The molecule has 0 heterocycles. The molecule has 0 aliphatic heterocycles.